The van der Waals surface area contributed by atoms with Crippen LogP contribution in [-0.4, -0.2) is 14.7 Å². The van der Waals surface area contributed by atoms with E-state index in [0.29, 0.717) is 22.4 Å². The van der Waals surface area contributed by atoms with Gasteiger partial charge < -0.3 is 9.16 Å². The number of hydrogen-bond acceptors (Lipinski definition) is 2. The van der Waals surface area contributed by atoms with Gasteiger partial charge in [-0.05, 0) is 28.8 Å². The van der Waals surface area contributed by atoms with Crippen LogP contribution in [0.5, 0.6) is 11.5 Å². The van der Waals surface area contributed by atoms with Gasteiger partial charge in [0.1, 0.15) is 11.5 Å². The van der Waals surface area contributed by atoms with E-state index in [1.165, 1.54) is 18.2 Å². The second-order valence-electron chi connectivity index (χ2n) is 6.44. The first-order valence-corrected chi connectivity index (χ1v) is 9.68. The van der Waals surface area contributed by atoms with E-state index in [2.05, 4.69) is 46.3 Å². The first-order chi connectivity index (χ1) is 9.99. The summed E-state index contributed by atoms with van der Waals surface area (Å²) in [5.41, 5.74) is 1.04. The number of alkyl halides is 3. The van der Waals surface area contributed by atoms with E-state index in [4.69, 9.17) is 4.43 Å². The maximum Gasteiger partial charge on any atom is 0.573 e. The second kappa shape index (κ2) is 6.94. The van der Waals surface area contributed by atoms with Gasteiger partial charge in [0.2, 0.25) is 0 Å². The first kappa shape index (κ1) is 18.9. The monoisotopic (exact) mass is 334 g/mol. The minimum Gasteiger partial charge on any atom is -0.543 e. The number of benzene rings is 1. The van der Waals surface area contributed by atoms with Crippen LogP contribution in [0.15, 0.2) is 24.3 Å². The molecule has 0 saturated heterocycles. The van der Waals surface area contributed by atoms with Gasteiger partial charge in [-0.25, -0.2) is 0 Å². The predicted octanol–water partition coefficient (Wildman–Crippen LogP) is 6.14. The maximum absolute atomic E-state index is 12.3. The third kappa shape index (κ3) is 4.41. The summed E-state index contributed by atoms with van der Waals surface area (Å²) in [6.45, 7) is 12.8. The van der Waals surface area contributed by atoms with Gasteiger partial charge in [-0.2, -0.15) is 0 Å². The zero-order valence-electron chi connectivity index (χ0n) is 14.0. The fraction of sp³-hybridized carbons (Fsp3) is 0.625. The summed E-state index contributed by atoms with van der Waals surface area (Å²) < 4.78 is 47.3. The highest BCUT2D eigenvalue weighted by Gasteiger charge is 2.47. The lowest BCUT2D eigenvalue weighted by molar-refractivity contribution is -0.274. The zero-order valence-corrected chi connectivity index (χ0v) is 15.0. The summed E-state index contributed by atoms with van der Waals surface area (Å²) in [5, 5.41) is 0. The molecule has 6 heteroatoms. The molecule has 1 rings (SSSR count). The Bertz CT molecular complexity index is 463. The SMILES string of the molecule is CC(C)[Si](Oc1cccc(OC(F)(F)F)c1)(C(C)C)C(C)C. The maximum atomic E-state index is 12.3. The van der Waals surface area contributed by atoms with Crippen molar-refractivity contribution in [1.82, 2.24) is 0 Å². The Morgan fingerprint density at radius 3 is 1.73 bits per heavy atom. The van der Waals surface area contributed by atoms with Gasteiger partial charge in [-0.1, -0.05) is 47.6 Å². The van der Waals surface area contributed by atoms with E-state index in [0.717, 1.165) is 0 Å². The van der Waals surface area contributed by atoms with Crippen LogP contribution in [0.2, 0.25) is 16.6 Å². The molecule has 0 heterocycles. The fourth-order valence-electron chi connectivity index (χ4n) is 3.29. The largest absolute Gasteiger partial charge is 0.573 e. The molecule has 0 unspecified atom stereocenters. The van der Waals surface area contributed by atoms with Gasteiger partial charge in [0.05, 0.1) is 0 Å². The Balaban J connectivity index is 3.12. The lowest BCUT2D eigenvalue weighted by Gasteiger charge is -2.42. The van der Waals surface area contributed by atoms with Crippen molar-refractivity contribution in [3.63, 3.8) is 0 Å². The van der Waals surface area contributed by atoms with Gasteiger partial charge in [-0.3, -0.25) is 0 Å². The Labute approximate surface area is 131 Å². The van der Waals surface area contributed by atoms with Crippen molar-refractivity contribution in [3.05, 3.63) is 24.3 Å². The summed E-state index contributed by atoms with van der Waals surface area (Å²) >= 11 is 0. The minimum atomic E-state index is -4.69. The third-order valence-electron chi connectivity index (χ3n) is 4.04. The summed E-state index contributed by atoms with van der Waals surface area (Å²) in [6.07, 6.45) is -4.69. The first-order valence-electron chi connectivity index (χ1n) is 7.53. The summed E-state index contributed by atoms with van der Waals surface area (Å²) in [7, 11) is -2.19. The average molecular weight is 334 g/mol. The summed E-state index contributed by atoms with van der Waals surface area (Å²) in [5.74, 6) is 0.202. The Hall–Kier alpha value is -1.17. The third-order valence-corrected chi connectivity index (χ3v) is 10.0. The van der Waals surface area contributed by atoms with Gasteiger partial charge in [0.15, 0.2) is 0 Å². The molecule has 1 aromatic carbocycles. The molecule has 0 aliphatic carbocycles. The van der Waals surface area contributed by atoms with E-state index in [1.54, 1.807) is 6.07 Å². The van der Waals surface area contributed by atoms with Crippen molar-refractivity contribution in [3.8, 4) is 11.5 Å². The van der Waals surface area contributed by atoms with Crippen LogP contribution in [0.1, 0.15) is 41.5 Å². The lowest BCUT2D eigenvalue weighted by atomic mass is 10.3. The number of rotatable bonds is 6. The number of halogens is 3. The standard InChI is InChI=1S/C16H25F3O2Si/c1-11(2)22(12(3)4,13(5)6)21-15-9-7-8-14(10-15)20-16(17,18)19/h7-13H,1-6H3. The molecule has 0 fully saturated rings. The van der Waals surface area contributed by atoms with Crippen LogP contribution in [0.4, 0.5) is 13.2 Å². The van der Waals surface area contributed by atoms with Crippen molar-refractivity contribution >= 4 is 8.32 Å². The van der Waals surface area contributed by atoms with Gasteiger partial charge in [0.25, 0.3) is 8.32 Å². The Morgan fingerprint density at radius 2 is 1.32 bits per heavy atom. The summed E-state index contributed by atoms with van der Waals surface area (Å²) in [6, 6.07) is 5.82. The average Bonchev–Trinajstić information content (AvgIpc) is 2.32. The van der Waals surface area contributed by atoms with E-state index in [1.807, 2.05) is 0 Å². The summed E-state index contributed by atoms with van der Waals surface area (Å²) in [4.78, 5) is 0. The predicted molar refractivity (Wildman–Crippen MR) is 84.8 cm³/mol. The molecule has 2 nitrogen and oxygen atoms in total. The zero-order chi connectivity index (χ0) is 17.1. The van der Waals surface area contributed by atoms with E-state index < -0.39 is 14.7 Å². The van der Waals surface area contributed by atoms with Gasteiger partial charge in [-0.15, -0.1) is 13.2 Å². The Kier molecular flexibility index (Phi) is 5.95. The van der Waals surface area contributed by atoms with Crippen molar-refractivity contribution in [1.29, 1.82) is 0 Å². The molecule has 0 bridgehead atoms. The van der Waals surface area contributed by atoms with Crippen molar-refractivity contribution < 1.29 is 22.3 Å². The minimum absolute atomic E-state index is 0.246. The van der Waals surface area contributed by atoms with Crippen LogP contribution >= 0.6 is 0 Å². The molecule has 1 aromatic rings. The molecule has 0 radical (unpaired) electrons. The highest BCUT2D eigenvalue weighted by atomic mass is 28.4. The van der Waals surface area contributed by atoms with Crippen LogP contribution < -0.4 is 9.16 Å². The smallest absolute Gasteiger partial charge is 0.543 e. The van der Waals surface area contributed by atoms with Gasteiger partial charge in [0, 0.05) is 6.07 Å². The van der Waals surface area contributed by atoms with E-state index >= 15 is 0 Å². The molecule has 22 heavy (non-hydrogen) atoms. The van der Waals surface area contributed by atoms with Crippen LogP contribution in [-0.2, 0) is 0 Å². The molecule has 0 saturated carbocycles. The molecule has 0 aliphatic rings. The normalized spacial score (nSPS) is 13.1. The van der Waals surface area contributed by atoms with Crippen LogP contribution in [0.3, 0.4) is 0 Å². The van der Waals surface area contributed by atoms with E-state index in [9.17, 15) is 13.2 Å². The second-order valence-corrected chi connectivity index (χ2v) is 11.8. The molecule has 126 valence electrons. The molecule has 0 aliphatic heterocycles. The molecular formula is C16H25F3O2Si. The van der Waals surface area contributed by atoms with Crippen LogP contribution in [0.25, 0.3) is 0 Å². The highest BCUT2D eigenvalue weighted by molar-refractivity contribution is 6.78. The Morgan fingerprint density at radius 1 is 0.864 bits per heavy atom. The molecule has 0 atom stereocenters. The van der Waals surface area contributed by atoms with Crippen LogP contribution in [0, 0.1) is 0 Å². The van der Waals surface area contributed by atoms with Gasteiger partial charge >= 0.3 is 6.36 Å². The highest BCUT2D eigenvalue weighted by Crippen LogP contribution is 2.43. The molecular weight excluding hydrogens is 309 g/mol. The fourth-order valence-corrected chi connectivity index (χ4v) is 8.53. The molecule has 0 N–H and O–H groups in total. The lowest BCUT2D eigenvalue weighted by Crippen LogP contribution is -2.50. The van der Waals surface area contributed by atoms with Crippen molar-refractivity contribution in [2.45, 2.75) is 64.5 Å². The van der Waals surface area contributed by atoms with Crippen molar-refractivity contribution in [2.75, 3.05) is 0 Å². The quantitative estimate of drug-likeness (QED) is 0.582. The number of hydrogen-bond donors (Lipinski definition) is 0. The topological polar surface area (TPSA) is 18.5 Å². The van der Waals surface area contributed by atoms with Crippen molar-refractivity contribution in [2.24, 2.45) is 0 Å². The molecule has 0 spiro atoms. The molecule has 0 aromatic heterocycles. The van der Waals surface area contributed by atoms with E-state index in [-0.39, 0.29) is 5.75 Å². The number of ether oxygens (including phenoxy) is 1. The molecule has 0 amide bonds.